The number of hydrogen-bond acceptors (Lipinski definition) is 5. The first kappa shape index (κ1) is 14.5. The van der Waals surface area contributed by atoms with Gasteiger partial charge in [0.05, 0.1) is 11.3 Å². The highest BCUT2D eigenvalue weighted by atomic mass is 32.2. The minimum atomic E-state index is -1.01. The van der Waals surface area contributed by atoms with E-state index in [-0.39, 0.29) is 11.7 Å². The standard InChI is InChI=1S/C11H12N2O3S2/c1-11(2,10(15)16)18-6-8(14)13-9-7(5-12)3-4-17-9/h3-4H,6H2,1-2H3,(H,13,14)(H,15,16). The molecule has 5 nitrogen and oxygen atoms in total. The SMILES string of the molecule is CC(C)(SCC(=O)Nc1sccc1C#N)C(=O)O. The van der Waals surface area contributed by atoms with Gasteiger partial charge in [0.1, 0.15) is 15.8 Å². The van der Waals surface area contributed by atoms with Crippen molar-refractivity contribution >= 4 is 40.0 Å². The molecule has 18 heavy (non-hydrogen) atoms. The normalized spacial score (nSPS) is 10.7. The number of nitrogens with zero attached hydrogens (tertiary/aromatic N) is 1. The van der Waals surface area contributed by atoms with Crippen LogP contribution in [0, 0.1) is 11.3 Å². The second-order valence-corrected chi connectivity index (χ2v) is 6.44. The molecule has 7 heteroatoms. The highest BCUT2D eigenvalue weighted by molar-refractivity contribution is 8.02. The Kier molecular flexibility index (Phi) is 4.76. The molecule has 0 atom stereocenters. The third-order valence-corrected chi connectivity index (χ3v) is 4.25. The largest absolute Gasteiger partial charge is 0.480 e. The van der Waals surface area contributed by atoms with Gasteiger partial charge in [0.2, 0.25) is 5.91 Å². The third-order valence-electron chi connectivity index (χ3n) is 2.12. The van der Waals surface area contributed by atoms with E-state index in [0.29, 0.717) is 10.6 Å². The Labute approximate surface area is 113 Å². The molecule has 1 rings (SSSR count). The van der Waals surface area contributed by atoms with Gasteiger partial charge in [-0.3, -0.25) is 9.59 Å². The molecule has 0 aliphatic carbocycles. The monoisotopic (exact) mass is 284 g/mol. The number of aliphatic carboxylic acids is 1. The Morgan fingerprint density at radius 1 is 1.61 bits per heavy atom. The van der Waals surface area contributed by atoms with Crippen molar-refractivity contribution in [2.24, 2.45) is 0 Å². The molecule has 0 unspecified atom stereocenters. The number of carbonyl (C=O) groups excluding carboxylic acids is 1. The molecular weight excluding hydrogens is 272 g/mol. The minimum absolute atomic E-state index is 0.0298. The Balaban J connectivity index is 2.54. The van der Waals surface area contributed by atoms with Crippen LogP contribution in [0.4, 0.5) is 5.00 Å². The lowest BCUT2D eigenvalue weighted by Gasteiger charge is -2.17. The van der Waals surface area contributed by atoms with Gasteiger partial charge in [0.25, 0.3) is 0 Å². The van der Waals surface area contributed by atoms with Crippen molar-refractivity contribution < 1.29 is 14.7 Å². The molecule has 1 aromatic rings. The van der Waals surface area contributed by atoms with Crippen molar-refractivity contribution in [2.75, 3.05) is 11.1 Å². The average Bonchev–Trinajstić information content (AvgIpc) is 2.73. The molecule has 1 aromatic heterocycles. The Morgan fingerprint density at radius 3 is 2.83 bits per heavy atom. The van der Waals surface area contributed by atoms with Crippen LogP contribution in [-0.2, 0) is 9.59 Å². The van der Waals surface area contributed by atoms with E-state index in [2.05, 4.69) is 5.32 Å². The van der Waals surface area contributed by atoms with E-state index in [9.17, 15) is 9.59 Å². The predicted octanol–water partition coefficient (Wildman–Crippen LogP) is 2.15. The van der Waals surface area contributed by atoms with Crippen molar-refractivity contribution in [1.82, 2.24) is 0 Å². The van der Waals surface area contributed by atoms with E-state index >= 15 is 0 Å². The van der Waals surface area contributed by atoms with Gasteiger partial charge in [0, 0.05) is 0 Å². The van der Waals surface area contributed by atoms with Crippen molar-refractivity contribution in [3.05, 3.63) is 17.0 Å². The number of carboxylic acids is 1. The summed E-state index contributed by atoms with van der Waals surface area (Å²) in [5.74, 6) is -1.25. The second kappa shape index (κ2) is 5.89. The molecule has 0 saturated heterocycles. The van der Waals surface area contributed by atoms with Crippen molar-refractivity contribution in [2.45, 2.75) is 18.6 Å². The summed E-state index contributed by atoms with van der Waals surface area (Å²) in [5, 5.41) is 22.5. The summed E-state index contributed by atoms with van der Waals surface area (Å²) in [6.07, 6.45) is 0. The number of amides is 1. The molecule has 0 saturated carbocycles. The number of rotatable bonds is 5. The number of carboxylic acid groups (broad SMARTS) is 1. The van der Waals surface area contributed by atoms with Gasteiger partial charge >= 0.3 is 5.97 Å². The molecule has 0 aromatic carbocycles. The van der Waals surface area contributed by atoms with Crippen LogP contribution in [0.5, 0.6) is 0 Å². The summed E-state index contributed by atoms with van der Waals surface area (Å²) >= 11 is 2.30. The molecule has 0 fully saturated rings. The molecule has 0 spiro atoms. The predicted molar refractivity (Wildman–Crippen MR) is 71.8 cm³/mol. The topological polar surface area (TPSA) is 90.2 Å². The number of nitrogens with one attached hydrogen (secondary N) is 1. The fraction of sp³-hybridized carbons (Fsp3) is 0.364. The molecule has 1 heterocycles. The molecule has 0 bridgehead atoms. The summed E-state index contributed by atoms with van der Waals surface area (Å²) < 4.78 is -1.01. The number of anilines is 1. The Morgan fingerprint density at radius 2 is 2.28 bits per heavy atom. The molecule has 0 aliphatic rings. The zero-order valence-corrected chi connectivity index (χ0v) is 11.5. The van der Waals surface area contributed by atoms with Gasteiger partial charge in [0.15, 0.2) is 0 Å². The van der Waals surface area contributed by atoms with Crippen LogP contribution in [0.2, 0.25) is 0 Å². The van der Waals surface area contributed by atoms with E-state index in [1.54, 1.807) is 25.3 Å². The summed E-state index contributed by atoms with van der Waals surface area (Å²) in [6, 6.07) is 3.59. The number of carbonyl (C=O) groups is 2. The zero-order valence-electron chi connectivity index (χ0n) is 9.89. The van der Waals surface area contributed by atoms with Crippen molar-refractivity contribution in [3.8, 4) is 6.07 Å². The van der Waals surface area contributed by atoms with E-state index in [1.807, 2.05) is 6.07 Å². The van der Waals surface area contributed by atoms with Crippen LogP contribution in [0.3, 0.4) is 0 Å². The smallest absolute Gasteiger partial charge is 0.319 e. The fourth-order valence-electron chi connectivity index (χ4n) is 0.965. The van der Waals surface area contributed by atoms with E-state index in [4.69, 9.17) is 10.4 Å². The van der Waals surface area contributed by atoms with Crippen LogP contribution < -0.4 is 5.32 Å². The molecule has 2 N–H and O–H groups in total. The first-order chi connectivity index (χ1) is 8.36. The fourth-order valence-corrected chi connectivity index (χ4v) is 2.41. The van der Waals surface area contributed by atoms with Crippen LogP contribution in [0.1, 0.15) is 19.4 Å². The highest BCUT2D eigenvalue weighted by Gasteiger charge is 2.28. The lowest BCUT2D eigenvalue weighted by Crippen LogP contribution is -2.29. The Hall–Kier alpha value is -1.52. The van der Waals surface area contributed by atoms with E-state index in [0.717, 1.165) is 11.8 Å². The van der Waals surface area contributed by atoms with E-state index < -0.39 is 10.7 Å². The number of nitriles is 1. The first-order valence-electron chi connectivity index (χ1n) is 5.01. The Bertz CT molecular complexity index is 503. The molecule has 0 aliphatic heterocycles. The highest BCUT2D eigenvalue weighted by Crippen LogP contribution is 2.26. The first-order valence-corrected chi connectivity index (χ1v) is 6.88. The zero-order chi connectivity index (χ0) is 13.8. The minimum Gasteiger partial charge on any atom is -0.480 e. The third kappa shape index (κ3) is 3.75. The second-order valence-electron chi connectivity index (χ2n) is 3.93. The van der Waals surface area contributed by atoms with Crippen LogP contribution in [-0.4, -0.2) is 27.5 Å². The van der Waals surface area contributed by atoms with Gasteiger partial charge in [-0.05, 0) is 25.3 Å². The van der Waals surface area contributed by atoms with Gasteiger partial charge in [-0.15, -0.1) is 23.1 Å². The summed E-state index contributed by atoms with van der Waals surface area (Å²) in [5.41, 5.74) is 0.413. The van der Waals surface area contributed by atoms with Gasteiger partial charge in [-0.1, -0.05) is 0 Å². The van der Waals surface area contributed by atoms with Crippen molar-refractivity contribution in [3.63, 3.8) is 0 Å². The molecule has 96 valence electrons. The quantitative estimate of drug-likeness (QED) is 0.864. The maximum Gasteiger partial charge on any atom is 0.319 e. The number of thiophene rings is 1. The van der Waals surface area contributed by atoms with Crippen LogP contribution in [0.25, 0.3) is 0 Å². The van der Waals surface area contributed by atoms with Gasteiger partial charge in [-0.25, -0.2) is 0 Å². The average molecular weight is 284 g/mol. The maximum atomic E-state index is 11.6. The summed E-state index contributed by atoms with van der Waals surface area (Å²) in [7, 11) is 0. The maximum absolute atomic E-state index is 11.6. The summed E-state index contributed by atoms with van der Waals surface area (Å²) in [6.45, 7) is 3.08. The van der Waals surface area contributed by atoms with Crippen LogP contribution in [0.15, 0.2) is 11.4 Å². The number of hydrogen-bond donors (Lipinski definition) is 2. The van der Waals surface area contributed by atoms with Crippen LogP contribution >= 0.6 is 23.1 Å². The number of thioether (sulfide) groups is 1. The lowest BCUT2D eigenvalue weighted by molar-refractivity contribution is -0.138. The van der Waals surface area contributed by atoms with Crippen molar-refractivity contribution in [1.29, 1.82) is 5.26 Å². The summed E-state index contributed by atoms with van der Waals surface area (Å²) in [4.78, 5) is 22.5. The van der Waals surface area contributed by atoms with Gasteiger partial charge < -0.3 is 10.4 Å². The van der Waals surface area contributed by atoms with E-state index in [1.165, 1.54) is 11.3 Å². The molecule has 1 amide bonds. The lowest BCUT2D eigenvalue weighted by atomic mass is 10.2. The molecule has 0 radical (unpaired) electrons. The van der Waals surface area contributed by atoms with Gasteiger partial charge in [-0.2, -0.15) is 5.26 Å². The molecular formula is C11H12N2O3S2.